The number of nitrogens with zero attached hydrogens (tertiary/aromatic N) is 5. The van der Waals surface area contributed by atoms with Crippen molar-refractivity contribution in [2.75, 3.05) is 0 Å². The Balaban J connectivity index is 1.43. The van der Waals surface area contributed by atoms with Crippen LogP contribution in [-0.4, -0.2) is 25.1 Å². The number of rotatable bonds is 3. The van der Waals surface area contributed by atoms with Crippen LogP contribution in [-0.2, 0) is 17.9 Å². The summed E-state index contributed by atoms with van der Waals surface area (Å²) in [6, 6.07) is 14.1. The molecule has 0 saturated carbocycles. The molecule has 5 rings (SSSR count). The highest BCUT2D eigenvalue weighted by molar-refractivity contribution is 9.10. The molecule has 1 aliphatic rings. The summed E-state index contributed by atoms with van der Waals surface area (Å²) < 4.78 is 14.4. The van der Waals surface area contributed by atoms with Crippen LogP contribution in [0.3, 0.4) is 0 Å². The zero-order valence-corrected chi connectivity index (χ0v) is 17.5. The summed E-state index contributed by atoms with van der Waals surface area (Å²) >= 11 is 3.52. The minimum Gasteiger partial charge on any atom is -0.365 e. The lowest BCUT2D eigenvalue weighted by Crippen LogP contribution is -2.22. The fraction of sp³-hybridized carbons (Fsp3) is 0.238. The second kappa shape index (κ2) is 7.20. The summed E-state index contributed by atoms with van der Waals surface area (Å²) in [5.74, 6) is 0.838. The van der Waals surface area contributed by atoms with Gasteiger partial charge in [-0.3, -0.25) is 0 Å². The summed E-state index contributed by atoms with van der Waals surface area (Å²) in [5, 5.41) is 12.7. The van der Waals surface area contributed by atoms with E-state index >= 15 is 0 Å². The predicted molar refractivity (Wildman–Crippen MR) is 110 cm³/mol. The topological polar surface area (TPSA) is 78.9 Å². The van der Waals surface area contributed by atoms with Crippen LogP contribution in [0, 0.1) is 13.8 Å². The second-order valence-electron chi connectivity index (χ2n) is 7.13. The first-order valence-corrected chi connectivity index (χ1v) is 10.1. The smallest absolute Gasteiger partial charge is 0.280 e. The molecule has 0 saturated heterocycles. The van der Waals surface area contributed by atoms with Crippen molar-refractivity contribution in [3.8, 4) is 23.0 Å². The maximum absolute atomic E-state index is 6.14. The second-order valence-corrected chi connectivity index (χ2v) is 7.98. The van der Waals surface area contributed by atoms with Crippen LogP contribution in [0.2, 0.25) is 0 Å². The van der Waals surface area contributed by atoms with Gasteiger partial charge in [0.15, 0.2) is 5.69 Å². The first kappa shape index (κ1) is 18.2. The maximum Gasteiger partial charge on any atom is 0.280 e. The van der Waals surface area contributed by atoms with Crippen LogP contribution in [0.15, 0.2) is 51.5 Å². The molecule has 0 unspecified atom stereocenters. The minimum absolute atomic E-state index is 0.0591. The first-order chi connectivity index (χ1) is 14.1. The van der Waals surface area contributed by atoms with Crippen molar-refractivity contribution in [1.82, 2.24) is 25.1 Å². The monoisotopic (exact) mass is 451 g/mol. The Morgan fingerprint density at radius 2 is 2.00 bits per heavy atom. The third-order valence-corrected chi connectivity index (χ3v) is 5.80. The molecule has 1 atom stereocenters. The number of hydrogen-bond donors (Lipinski definition) is 0. The zero-order chi connectivity index (χ0) is 20.0. The van der Waals surface area contributed by atoms with E-state index in [0.29, 0.717) is 30.6 Å². The number of hydrogen-bond acceptors (Lipinski definition) is 6. The van der Waals surface area contributed by atoms with Crippen molar-refractivity contribution in [2.24, 2.45) is 0 Å². The summed E-state index contributed by atoms with van der Waals surface area (Å²) in [6.45, 7) is 5.17. The predicted octanol–water partition coefficient (Wildman–Crippen LogP) is 4.65. The van der Waals surface area contributed by atoms with E-state index in [-0.39, 0.29) is 6.10 Å². The van der Waals surface area contributed by atoms with Gasteiger partial charge in [-0.05, 0) is 37.1 Å². The van der Waals surface area contributed by atoms with Crippen LogP contribution < -0.4 is 0 Å². The van der Waals surface area contributed by atoms with E-state index in [0.717, 1.165) is 15.7 Å². The van der Waals surface area contributed by atoms with Crippen LogP contribution >= 0.6 is 15.9 Å². The molecule has 29 heavy (non-hydrogen) atoms. The number of fused-ring (bicyclic) bond motifs is 1. The molecular formula is C21H18BrN5O2. The Kier molecular flexibility index (Phi) is 4.52. The number of aromatic nitrogens is 5. The molecule has 1 aliphatic heterocycles. The van der Waals surface area contributed by atoms with Gasteiger partial charge >= 0.3 is 0 Å². The van der Waals surface area contributed by atoms with Crippen LogP contribution in [0.25, 0.3) is 23.0 Å². The molecular weight excluding hydrogens is 434 g/mol. The minimum atomic E-state index is -0.0591. The quantitative estimate of drug-likeness (QED) is 0.451. The van der Waals surface area contributed by atoms with Crippen LogP contribution in [0.5, 0.6) is 0 Å². The Morgan fingerprint density at radius 3 is 2.83 bits per heavy atom. The van der Waals surface area contributed by atoms with Crippen molar-refractivity contribution in [2.45, 2.75) is 33.1 Å². The third-order valence-electron chi connectivity index (χ3n) is 5.11. The van der Waals surface area contributed by atoms with Gasteiger partial charge in [-0.2, -0.15) is 4.98 Å². The van der Waals surface area contributed by atoms with Gasteiger partial charge in [0.05, 0.1) is 18.8 Å². The van der Waals surface area contributed by atoms with E-state index in [9.17, 15) is 0 Å². The van der Waals surface area contributed by atoms with Gasteiger partial charge < -0.3 is 9.26 Å². The van der Waals surface area contributed by atoms with E-state index in [1.54, 1.807) is 0 Å². The lowest BCUT2D eigenvalue weighted by molar-refractivity contribution is -0.00153. The van der Waals surface area contributed by atoms with E-state index in [1.165, 1.54) is 16.7 Å². The molecule has 2 aromatic carbocycles. The Labute approximate surface area is 175 Å². The van der Waals surface area contributed by atoms with Gasteiger partial charge in [0, 0.05) is 10.0 Å². The third kappa shape index (κ3) is 3.28. The summed E-state index contributed by atoms with van der Waals surface area (Å²) in [5.41, 5.74) is 5.89. The highest BCUT2D eigenvalue weighted by Gasteiger charge is 2.28. The molecule has 0 fully saturated rings. The number of ether oxygens (including phenoxy) is 1. The van der Waals surface area contributed by atoms with Crippen molar-refractivity contribution in [3.63, 3.8) is 0 Å². The van der Waals surface area contributed by atoms with Crippen LogP contribution in [0.1, 0.15) is 28.5 Å². The van der Waals surface area contributed by atoms with Crippen molar-refractivity contribution in [3.05, 3.63) is 69.3 Å². The largest absolute Gasteiger partial charge is 0.365 e. The molecule has 0 bridgehead atoms. The number of benzene rings is 2. The van der Waals surface area contributed by atoms with Gasteiger partial charge in [-0.25, -0.2) is 4.68 Å². The summed E-state index contributed by atoms with van der Waals surface area (Å²) in [6.07, 6.45) is -0.0591. The normalized spacial score (nSPS) is 16.0. The Morgan fingerprint density at radius 1 is 1.14 bits per heavy atom. The molecule has 7 nitrogen and oxygen atoms in total. The first-order valence-electron chi connectivity index (χ1n) is 9.30. The maximum atomic E-state index is 6.14. The lowest BCUT2D eigenvalue weighted by Gasteiger charge is -2.25. The number of aryl methyl sites for hydroxylation is 2. The van der Waals surface area contributed by atoms with E-state index < -0.39 is 0 Å². The van der Waals surface area contributed by atoms with Gasteiger partial charge in [-0.15, -0.1) is 5.10 Å². The average Bonchev–Trinajstić information content (AvgIpc) is 3.34. The summed E-state index contributed by atoms with van der Waals surface area (Å²) in [7, 11) is 0. The molecule has 3 heterocycles. The highest BCUT2D eigenvalue weighted by Crippen LogP contribution is 2.33. The molecule has 0 spiro atoms. The number of halogens is 1. The van der Waals surface area contributed by atoms with Crippen LogP contribution in [0.4, 0.5) is 0 Å². The molecule has 146 valence electrons. The van der Waals surface area contributed by atoms with Gasteiger partial charge in [0.2, 0.25) is 5.82 Å². The van der Waals surface area contributed by atoms with Crippen molar-refractivity contribution >= 4 is 15.9 Å². The summed E-state index contributed by atoms with van der Waals surface area (Å²) in [4.78, 5) is 4.51. The fourth-order valence-electron chi connectivity index (χ4n) is 3.62. The van der Waals surface area contributed by atoms with Gasteiger partial charge in [0.25, 0.3) is 5.89 Å². The lowest BCUT2D eigenvalue weighted by atomic mass is 10.0. The van der Waals surface area contributed by atoms with Gasteiger partial charge in [0.1, 0.15) is 6.10 Å². The fourth-order valence-corrected chi connectivity index (χ4v) is 4.09. The standard InChI is InChI=1S/C21H18BrN5O2/c1-12-7-8-14(13(2)9-12)18-10-27-17(11-28-18)19(24-26-27)21-23-20(25-29-21)15-5-3-4-6-16(15)22/h3-9,18H,10-11H2,1-2H3/t18-/m0/s1. The highest BCUT2D eigenvalue weighted by atomic mass is 79.9. The molecule has 2 aromatic heterocycles. The molecule has 0 radical (unpaired) electrons. The molecule has 8 heteroatoms. The van der Waals surface area contributed by atoms with Crippen molar-refractivity contribution < 1.29 is 9.26 Å². The average molecular weight is 452 g/mol. The molecule has 0 aliphatic carbocycles. The van der Waals surface area contributed by atoms with Crippen molar-refractivity contribution in [1.29, 1.82) is 0 Å². The zero-order valence-electron chi connectivity index (χ0n) is 16.0. The molecule has 4 aromatic rings. The SMILES string of the molecule is Cc1ccc([C@@H]2Cn3nnc(-c4nc(-c5ccccc5Br)no4)c3CO2)c(C)c1. The molecule has 0 amide bonds. The van der Waals surface area contributed by atoms with Gasteiger partial charge in [-0.1, -0.05) is 62.2 Å². The van der Waals surface area contributed by atoms with E-state index in [1.807, 2.05) is 28.9 Å². The Bertz CT molecular complexity index is 1200. The van der Waals surface area contributed by atoms with E-state index in [4.69, 9.17) is 9.26 Å². The Hall–Kier alpha value is -2.84. The van der Waals surface area contributed by atoms with E-state index in [2.05, 4.69) is 68.4 Å². The molecule has 0 N–H and O–H groups in total.